The molecule has 0 spiro atoms. The number of Topliss-reactive ketones (excluding diaryl/α,β-unsaturated/α-hetero) is 2. The number of carbonyl (C=O) groups excluding carboxylic acids is 2. The molecule has 2 aromatic rings. The van der Waals surface area contributed by atoms with Gasteiger partial charge in [-0.3, -0.25) is 9.59 Å². The highest BCUT2D eigenvalue weighted by Crippen LogP contribution is 2.55. The largest absolute Gasteiger partial charge is 0.512 e. The van der Waals surface area contributed by atoms with Crippen LogP contribution in [-0.4, -0.2) is 35.0 Å². The Hall–Kier alpha value is -3.12. The lowest BCUT2D eigenvalue weighted by Crippen LogP contribution is -2.54. The molecule has 0 aromatic heterocycles. The van der Waals surface area contributed by atoms with Crippen molar-refractivity contribution in [3.8, 4) is 11.5 Å². The van der Waals surface area contributed by atoms with E-state index in [4.69, 9.17) is 0 Å². The van der Waals surface area contributed by atoms with Crippen LogP contribution in [0.25, 0.3) is 0 Å². The van der Waals surface area contributed by atoms with Crippen LogP contribution < -0.4 is 5.19 Å². The van der Waals surface area contributed by atoms with Crippen LogP contribution in [0, 0.1) is 11.8 Å². The first-order valence-electron chi connectivity index (χ1n) is 11.4. The quantitative estimate of drug-likeness (QED) is 0.450. The number of hydrogen-bond donors (Lipinski definition) is 3. The second kappa shape index (κ2) is 7.19. The van der Waals surface area contributed by atoms with Crippen LogP contribution in [0.5, 0.6) is 11.5 Å². The SMILES string of the molecule is CC1([Si](C)(C)c2ccccc2)CCc2c(c(O)c(O)c3c2C(=O)C2C=CC=C(O)C2C3=O)C1. The summed E-state index contributed by atoms with van der Waals surface area (Å²) in [6.45, 7) is 6.88. The Morgan fingerprint density at radius 1 is 0.939 bits per heavy atom. The highest BCUT2D eigenvalue weighted by atomic mass is 28.3. The molecule has 0 radical (unpaired) electrons. The van der Waals surface area contributed by atoms with E-state index in [2.05, 4.69) is 32.2 Å². The van der Waals surface area contributed by atoms with Crippen molar-refractivity contribution in [3.63, 3.8) is 0 Å². The Bertz CT molecular complexity index is 1260. The second-order valence-corrected chi connectivity index (χ2v) is 15.4. The van der Waals surface area contributed by atoms with Crippen molar-refractivity contribution in [2.45, 2.75) is 44.3 Å². The van der Waals surface area contributed by atoms with Gasteiger partial charge in [-0.15, -0.1) is 0 Å². The van der Waals surface area contributed by atoms with Crippen molar-refractivity contribution < 1.29 is 24.9 Å². The fourth-order valence-corrected chi connectivity index (χ4v) is 9.04. The molecule has 170 valence electrons. The smallest absolute Gasteiger partial charge is 0.179 e. The zero-order valence-corrected chi connectivity index (χ0v) is 20.1. The maximum absolute atomic E-state index is 13.5. The molecule has 0 saturated heterocycles. The highest BCUT2D eigenvalue weighted by molar-refractivity contribution is 6.92. The van der Waals surface area contributed by atoms with E-state index in [0.29, 0.717) is 24.0 Å². The molecule has 0 bridgehead atoms. The van der Waals surface area contributed by atoms with E-state index < -0.39 is 31.4 Å². The summed E-state index contributed by atoms with van der Waals surface area (Å²) < 4.78 is 0. The average molecular weight is 461 g/mol. The predicted molar refractivity (Wildman–Crippen MR) is 129 cm³/mol. The number of phenolic OH excluding ortho intramolecular Hbond substituents is 2. The van der Waals surface area contributed by atoms with Gasteiger partial charge in [0, 0.05) is 11.1 Å². The van der Waals surface area contributed by atoms with Crippen molar-refractivity contribution in [2.75, 3.05) is 0 Å². The van der Waals surface area contributed by atoms with E-state index in [9.17, 15) is 24.9 Å². The molecule has 3 N–H and O–H groups in total. The minimum Gasteiger partial charge on any atom is -0.512 e. The summed E-state index contributed by atoms with van der Waals surface area (Å²) in [6, 6.07) is 10.4. The third-order valence-electron chi connectivity index (χ3n) is 8.50. The molecule has 3 atom stereocenters. The molecular weight excluding hydrogens is 432 g/mol. The number of rotatable bonds is 2. The number of hydrogen-bond acceptors (Lipinski definition) is 5. The monoisotopic (exact) mass is 460 g/mol. The Labute approximate surface area is 194 Å². The molecule has 6 heteroatoms. The number of ketones is 2. The van der Waals surface area contributed by atoms with Gasteiger partial charge < -0.3 is 15.3 Å². The van der Waals surface area contributed by atoms with Gasteiger partial charge in [0.05, 0.1) is 25.5 Å². The summed E-state index contributed by atoms with van der Waals surface area (Å²) in [5, 5.41) is 33.5. The van der Waals surface area contributed by atoms with E-state index in [1.165, 1.54) is 11.3 Å². The Morgan fingerprint density at radius 3 is 2.33 bits per heavy atom. The predicted octanol–water partition coefficient (Wildman–Crippen LogP) is 4.59. The number of aliphatic hydroxyl groups excluding tert-OH is 1. The number of aromatic hydroxyl groups is 2. The average Bonchev–Trinajstić information content (AvgIpc) is 2.80. The first-order valence-corrected chi connectivity index (χ1v) is 14.4. The maximum atomic E-state index is 13.5. The zero-order valence-electron chi connectivity index (χ0n) is 19.1. The highest BCUT2D eigenvalue weighted by Gasteiger charge is 2.51. The molecule has 0 amide bonds. The van der Waals surface area contributed by atoms with Crippen molar-refractivity contribution in [1.29, 1.82) is 0 Å². The first-order chi connectivity index (χ1) is 15.6. The lowest BCUT2D eigenvalue weighted by atomic mass is 9.67. The van der Waals surface area contributed by atoms with Gasteiger partial charge in [0.1, 0.15) is 5.76 Å². The Balaban J connectivity index is 1.66. The fourth-order valence-electron chi connectivity index (χ4n) is 5.95. The Kier molecular flexibility index (Phi) is 4.73. The summed E-state index contributed by atoms with van der Waals surface area (Å²) in [4.78, 5) is 26.8. The van der Waals surface area contributed by atoms with Crippen LogP contribution >= 0.6 is 0 Å². The van der Waals surface area contributed by atoms with E-state index in [-0.39, 0.29) is 33.5 Å². The standard InChI is InChI=1S/C27H28O5Si/c1-27(33(2,3)15-8-5-4-6-9-15)13-12-16-18(14-27)24(30)26(32)22-21(16)23(29)17-10-7-11-19(28)20(17)25(22)31/h4-11,17,20,28,30,32H,12-14H2,1-3H3. The van der Waals surface area contributed by atoms with Crippen LogP contribution in [0.1, 0.15) is 45.2 Å². The fraction of sp³-hybridized carbons (Fsp3) is 0.333. The van der Waals surface area contributed by atoms with Gasteiger partial charge in [0.15, 0.2) is 23.1 Å². The third-order valence-corrected chi connectivity index (χ3v) is 13.7. The molecule has 0 aliphatic heterocycles. The van der Waals surface area contributed by atoms with Crippen molar-refractivity contribution in [1.82, 2.24) is 0 Å². The van der Waals surface area contributed by atoms with Gasteiger partial charge in [-0.25, -0.2) is 0 Å². The van der Waals surface area contributed by atoms with Crippen LogP contribution in [0.3, 0.4) is 0 Å². The van der Waals surface area contributed by atoms with E-state index in [1.807, 2.05) is 18.2 Å². The molecule has 5 rings (SSSR count). The van der Waals surface area contributed by atoms with Crippen molar-refractivity contribution >= 4 is 24.8 Å². The molecule has 3 unspecified atom stereocenters. The number of carbonyl (C=O) groups is 2. The number of phenols is 2. The number of fused-ring (bicyclic) bond motifs is 4. The van der Waals surface area contributed by atoms with Crippen LogP contribution in [0.2, 0.25) is 18.1 Å². The minimum atomic E-state index is -2.01. The number of aliphatic hydroxyl groups is 1. The Morgan fingerprint density at radius 2 is 1.64 bits per heavy atom. The molecule has 3 aliphatic carbocycles. The van der Waals surface area contributed by atoms with Gasteiger partial charge >= 0.3 is 0 Å². The zero-order chi connectivity index (χ0) is 23.7. The van der Waals surface area contributed by atoms with Crippen LogP contribution in [-0.2, 0) is 12.8 Å². The van der Waals surface area contributed by atoms with Gasteiger partial charge in [0.2, 0.25) is 0 Å². The van der Waals surface area contributed by atoms with E-state index in [1.54, 1.807) is 12.2 Å². The van der Waals surface area contributed by atoms with E-state index in [0.717, 1.165) is 6.42 Å². The van der Waals surface area contributed by atoms with E-state index >= 15 is 0 Å². The van der Waals surface area contributed by atoms with Crippen LogP contribution in [0.4, 0.5) is 0 Å². The molecule has 2 aromatic carbocycles. The minimum absolute atomic E-state index is 0.116. The lowest BCUT2D eigenvalue weighted by Gasteiger charge is -2.47. The summed E-state index contributed by atoms with van der Waals surface area (Å²) in [5.41, 5.74) is 1.34. The molecule has 0 heterocycles. The second-order valence-electron chi connectivity index (χ2n) is 10.3. The summed E-state index contributed by atoms with van der Waals surface area (Å²) >= 11 is 0. The van der Waals surface area contributed by atoms with Crippen LogP contribution in [0.15, 0.2) is 54.3 Å². The van der Waals surface area contributed by atoms with Gasteiger partial charge in [0.25, 0.3) is 0 Å². The normalized spacial score (nSPS) is 26.3. The van der Waals surface area contributed by atoms with Crippen molar-refractivity contribution in [3.05, 3.63) is 76.6 Å². The van der Waals surface area contributed by atoms with Gasteiger partial charge in [-0.05, 0) is 35.9 Å². The topological polar surface area (TPSA) is 94.8 Å². The number of allylic oxidation sites excluding steroid dienone is 4. The summed E-state index contributed by atoms with van der Waals surface area (Å²) in [7, 11) is -2.01. The number of benzene rings is 2. The first kappa shape index (κ1) is 21.7. The third kappa shape index (κ3) is 2.90. The molecular formula is C27H28O5Si. The van der Waals surface area contributed by atoms with Crippen molar-refractivity contribution in [2.24, 2.45) is 11.8 Å². The molecule has 5 nitrogen and oxygen atoms in total. The summed E-state index contributed by atoms with van der Waals surface area (Å²) in [6.07, 6.45) is 6.52. The molecule has 3 aliphatic rings. The summed E-state index contributed by atoms with van der Waals surface area (Å²) in [5.74, 6) is -3.65. The molecule has 0 saturated carbocycles. The molecule has 33 heavy (non-hydrogen) atoms. The maximum Gasteiger partial charge on any atom is 0.179 e. The van der Waals surface area contributed by atoms with Gasteiger partial charge in [-0.2, -0.15) is 0 Å². The molecule has 0 fully saturated rings. The lowest BCUT2D eigenvalue weighted by molar-refractivity contribution is 0.0754. The van der Waals surface area contributed by atoms with Gasteiger partial charge in [-0.1, -0.05) is 67.7 Å².